The maximum absolute atomic E-state index is 12.5. The number of rotatable bonds is 4. The number of alkyl halides is 1. The summed E-state index contributed by atoms with van der Waals surface area (Å²) in [4.78, 5) is 16.6. The van der Waals surface area contributed by atoms with E-state index in [0.717, 1.165) is 32.6 Å². The first-order chi connectivity index (χ1) is 10.2. The second-order valence-corrected chi connectivity index (χ2v) is 5.44. The average Bonchev–Trinajstić information content (AvgIpc) is 2.72. The third-order valence-electron chi connectivity index (χ3n) is 3.70. The zero-order chi connectivity index (χ0) is 15.2. The summed E-state index contributed by atoms with van der Waals surface area (Å²) in [5, 5.41) is 9.79. The molecule has 1 amide bonds. The quantitative estimate of drug-likeness (QED) is 0.861. The lowest BCUT2D eigenvalue weighted by molar-refractivity contribution is 0.0761. The maximum Gasteiger partial charge on any atom is 0.254 e. The predicted molar refractivity (Wildman–Crippen MR) is 82.3 cm³/mol. The number of benzene rings is 1. The summed E-state index contributed by atoms with van der Waals surface area (Å²) >= 11 is 5.77. The first-order valence-corrected chi connectivity index (χ1v) is 7.63. The Labute approximate surface area is 130 Å². The van der Waals surface area contributed by atoms with Crippen LogP contribution in [0.2, 0.25) is 0 Å². The van der Waals surface area contributed by atoms with Crippen LogP contribution in [0.25, 0.3) is 0 Å². The maximum atomic E-state index is 12.5. The smallest absolute Gasteiger partial charge is 0.254 e. The number of amides is 1. The number of ether oxygens (including phenoxy) is 1. The third-order valence-corrected chi connectivity index (χ3v) is 3.87. The molecule has 116 valence electrons. The molecule has 2 rings (SSSR count). The van der Waals surface area contributed by atoms with Gasteiger partial charge in [0.05, 0.1) is 7.11 Å². The van der Waals surface area contributed by atoms with Crippen molar-refractivity contribution >= 4 is 17.5 Å². The van der Waals surface area contributed by atoms with Crippen LogP contribution in [-0.4, -0.2) is 66.5 Å². The number of carbonyl (C=O) groups is 1. The van der Waals surface area contributed by atoms with E-state index in [-0.39, 0.29) is 11.7 Å². The van der Waals surface area contributed by atoms with Gasteiger partial charge in [-0.05, 0) is 31.2 Å². The second-order valence-electron chi connectivity index (χ2n) is 5.06. The van der Waals surface area contributed by atoms with Crippen molar-refractivity contribution in [2.24, 2.45) is 0 Å². The van der Waals surface area contributed by atoms with Gasteiger partial charge in [0.2, 0.25) is 0 Å². The molecule has 0 atom stereocenters. The topological polar surface area (TPSA) is 53.0 Å². The highest BCUT2D eigenvalue weighted by molar-refractivity contribution is 6.18. The predicted octanol–water partition coefficient (Wildman–Crippen LogP) is 1.79. The number of aromatic hydroxyl groups is 1. The molecule has 0 aromatic heterocycles. The standard InChI is InChI=1S/C15H21ClN2O3/c1-21-14-4-3-12(11-13(14)19)15(20)18-7-2-6-17(8-5-16)9-10-18/h3-4,11,19H,2,5-10H2,1H3. The number of phenols is 1. The van der Waals surface area contributed by atoms with Crippen LogP contribution < -0.4 is 4.74 Å². The van der Waals surface area contributed by atoms with Gasteiger partial charge in [-0.2, -0.15) is 0 Å². The fraction of sp³-hybridized carbons (Fsp3) is 0.533. The fourth-order valence-corrected chi connectivity index (χ4v) is 2.76. The summed E-state index contributed by atoms with van der Waals surface area (Å²) in [6.07, 6.45) is 0.935. The van der Waals surface area contributed by atoms with Crippen molar-refractivity contribution in [3.63, 3.8) is 0 Å². The van der Waals surface area contributed by atoms with Crippen LogP contribution in [-0.2, 0) is 0 Å². The lowest BCUT2D eigenvalue weighted by Gasteiger charge is -2.21. The number of methoxy groups -OCH3 is 1. The Hall–Kier alpha value is -1.46. The van der Waals surface area contributed by atoms with E-state index in [1.54, 1.807) is 12.1 Å². The van der Waals surface area contributed by atoms with E-state index >= 15 is 0 Å². The first-order valence-electron chi connectivity index (χ1n) is 7.10. The van der Waals surface area contributed by atoms with Crippen LogP contribution in [0.1, 0.15) is 16.8 Å². The zero-order valence-electron chi connectivity index (χ0n) is 12.2. The van der Waals surface area contributed by atoms with Crippen molar-refractivity contribution in [2.45, 2.75) is 6.42 Å². The third kappa shape index (κ3) is 4.02. The molecule has 21 heavy (non-hydrogen) atoms. The van der Waals surface area contributed by atoms with Crippen LogP contribution in [0.4, 0.5) is 0 Å². The Balaban J connectivity index is 2.04. The van der Waals surface area contributed by atoms with Crippen molar-refractivity contribution in [3.05, 3.63) is 23.8 Å². The summed E-state index contributed by atoms with van der Waals surface area (Å²) in [5.41, 5.74) is 0.485. The number of phenolic OH excluding ortho intramolecular Hbond substituents is 1. The normalized spacial score (nSPS) is 16.6. The minimum Gasteiger partial charge on any atom is -0.504 e. The highest BCUT2D eigenvalue weighted by Gasteiger charge is 2.20. The molecule has 1 aromatic rings. The number of hydrogen-bond donors (Lipinski definition) is 1. The molecule has 0 unspecified atom stereocenters. The summed E-state index contributed by atoms with van der Waals surface area (Å²) in [6.45, 7) is 4.06. The molecular weight excluding hydrogens is 292 g/mol. The monoisotopic (exact) mass is 312 g/mol. The van der Waals surface area contributed by atoms with Crippen LogP contribution in [0.5, 0.6) is 11.5 Å². The van der Waals surface area contributed by atoms with Crippen molar-refractivity contribution in [2.75, 3.05) is 45.7 Å². The Morgan fingerprint density at radius 3 is 2.81 bits per heavy atom. The number of nitrogens with zero attached hydrogens (tertiary/aromatic N) is 2. The van der Waals surface area contributed by atoms with E-state index in [0.29, 0.717) is 23.7 Å². The van der Waals surface area contributed by atoms with Crippen LogP contribution >= 0.6 is 11.6 Å². The highest BCUT2D eigenvalue weighted by Crippen LogP contribution is 2.26. The summed E-state index contributed by atoms with van der Waals surface area (Å²) in [5.74, 6) is 0.915. The molecule has 1 N–H and O–H groups in total. The van der Waals surface area contributed by atoms with E-state index in [9.17, 15) is 9.90 Å². The van der Waals surface area contributed by atoms with Gasteiger partial charge in [-0.15, -0.1) is 11.6 Å². The van der Waals surface area contributed by atoms with Crippen LogP contribution in [0.3, 0.4) is 0 Å². The molecule has 0 aliphatic carbocycles. The molecule has 0 saturated carbocycles. The molecule has 1 aromatic carbocycles. The van der Waals surface area contributed by atoms with E-state index in [4.69, 9.17) is 16.3 Å². The van der Waals surface area contributed by atoms with Crippen molar-refractivity contribution < 1.29 is 14.6 Å². The Morgan fingerprint density at radius 2 is 2.14 bits per heavy atom. The molecule has 1 aliphatic rings. The van der Waals surface area contributed by atoms with Gasteiger partial charge in [-0.3, -0.25) is 4.79 Å². The summed E-state index contributed by atoms with van der Waals surface area (Å²) < 4.78 is 4.99. The molecule has 1 heterocycles. The van der Waals surface area contributed by atoms with E-state index in [1.165, 1.54) is 13.2 Å². The average molecular weight is 313 g/mol. The van der Waals surface area contributed by atoms with Crippen molar-refractivity contribution in [1.29, 1.82) is 0 Å². The van der Waals surface area contributed by atoms with E-state index in [1.807, 2.05) is 4.90 Å². The largest absolute Gasteiger partial charge is 0.504 e. The fourth-order valence-electron chi connectivity index (χ4n) is 2.52. The van der Waals surface area contributed by atoms with Crippen LogP contribution in [0, 0.1) is 0 Å². The van der Waals surface area contributed by atoms with Crippen molar-refractivity contribution in [1.82, 2.24) is 9.80 Å². The van der Waals surface area contributed by atoms with Gasteiger partial charge in [-0.25, -0.2) is 0 Å². The van der Waals surface area contributed by atoms with Crippen molar-refractivity contribution in [3.8, 4) is 11.5 Å². The summed E-state index contributed by atoms with van der Waals surface area (Å²) in [6, 6.07) is 4.76. The van der Waals surface area contributed by atoms with Crippen LogP contribution in [0.15, 0.2) is 18.2 Å². The van der Waals surface area contributed by atoms with Gasteiger partial charge in [-0.1, -0.05) is 0 Å². The van der Waals surface area contributed by atoms with E-state index in [2.05, 4.69) is 4.90 Å². The number of carbonyl (C=O) groups excluding carboxylic acids is 1. The van der Waals surface area contributed by atoms with Gasteiger partial charge in [0.1, 0.15) is 0 Å². The molecule has 0 radical (unpaired) electrons. The number of hydrogen-bond acceptors (Lipinski definition) is 4. The molecule has 6 heteroatoms. The molecule has 1 fully saturated rings. The molecule has 0 bridgehead atoms. The second kappa shape index (κ2) is 7.52. The Morgan fingerprint density at radius 1 is 1.33 bits per heavy atom. The lowest BCUT2D eigenvalue weighted by Crippen LogP contribution is -2.35. The minimum absolute atomic E-state index is 0.0121. The SMILES string of the molecule is COc1ccc(C(=O)N2CCCN(CCCl)CC2)cc1O. The first kappa shape index (κ1) is 15.9. The Kier molecular flexibility index (Phi) is 5.70. The molecule has 1 aliphatic heterocycles. The minimum atomic E-state index is -0.0549. The zero-order valence-corrected chi connectivity index (χ0v) is 13.0. The van der Waals surface area contributed by atoms with Gasteiger partial charge in [0.15, 0.2) is 11.5 Å². The summed E-state index contributed by atoms with van der Waals surface area (Å²) in [7, 11) is 1.48. The Bertz CT molecular complexity index is 496. The van der Waals surface area contributed by atoms with Gasteiger partial charge < -0.3 is 19.6 Å². The van der Waals surface area contributed by atoms with Gasteiger partial charge >= 0.3 is 0 Å². The molecule has 0 spiro atoms. The van der Waals surface area contributed by atoms with Gasteiger partial charge in [0, 0.05) is 37.6 Å². The highest BCUT2D eigenvalue weighted by atomic mass is 35.5. The number of halogens is 1. The molecule has 5 nitrogen and oxygen atoms in total. The molecular formula is C15H21ClN2O3. The van der Waals surface area contributed by atoms with Gasteiger partial charge in [0.25, 0.3) is 5.91 Å². The van der Waals surface area contributed by atoms with E-state index < -0.39 is 0 Å². The lowest BCUT2D eigenvalue weighted by atomic mass is 10.1. The molecule has 1 saturated heterocycles.